The van der Waals surface area contributed by atoms with Gasteiger partial charge in [-0.05, 0) is 13.8 Å². The number of carbonyl (C=O) groups is 1. The number of halogens is 6. The molecule has 0 aromatic carbocycles. The van der Waals surface area contributed by atoms with E-state index in [0.29, 0.717) is 0 Å². The lowest BCUT2D eigenvalue weighted by molar-refractivity contribution is -0.148. The van der Waals surface area contributed by atoms with Gasteiger partial charge in [0.15, 0.2) is 0 Å². The average Bonchev–Trinajstić information content (AvgIpc) is 2.11. The molecule has 0 aliphatic carbocycles. The SMILES string of the molecule is CC(C)OC(=O)CCON=C(C(F)(F)F)C(F)(F)F. The van der Waals surface area contributed by atoms with Crippen LogP contribution in [0, 0.1) is 0 Å². The van der Waals surface area contributed by atoms with Crippen molar-refractivity contribution in [1.82, 2.24) is 0 Å². The molecule has 19 heavy (non-hydrogen) atoms. The fourth-order valence-electron chi connectivity index (χ4n) is 0.825. The van der Waals surface area contributed by atoms with Gasteiger partial charge in [-0.2, -0.15) is 26.3 Å². The molecule has 0 bridgehead atoms. The van der Waals surface area contributed by atoms with Crippen LogP contribution in [0.2, 0.25) is 0 Å². The standard InChI is InChI=1S/C9H11F6NO3/c1-5(2)19-6(17)3-4-18-16-7(8(10,11)12)9(13,14)15/h5H,3-4H2,1-2H3. The highest BCUT2D eigenvalue weighted by atomic mass is 19.4. The van der Waals surface area contributed by atoms with Crippen LogP contribution >= 0.6 is 0 Å². The summed E-state index contributed by atoms with van der Waals surface area (Å²) in [5.74, 6) is -0.814. The summed E-state index contributed by atoms with van der Waals surface area (Å²) >= 11 is 0. The number of rotatable bonds is 5. The summed E-state index contributed by atoms with van der Waals surface area (Å²) in [6.45, 7) is 2.31. The maximum atomic E-state index is 12.0. The summed E-state index contributed by atoms with van der Waals surface area (Å²) in [6, 6.07) is 0. The van der Waals surface area contributed by atoms with Gasteiger partial charge in [-0.25, -0.2) is 0 Å². The minimum atomic E-state index is -5.68. The highest BCUT2D eigenvalue weighted by molar-refractivity contribution is 5.94. The van der Waals surface area contributed by atoms with Gasteiger partial charge in [0, 0.05) is 0 Å². The molecule has 0 aromatic heterocycles. The molecule has 0 atom stereocenters. The quantitative estimate of drug-likeness (QED) is 0.258. The molecule has 0 heterocycles. The molecule has 112 valence electrons. The largest absolute Gasteiger partial charge is 0.463 e. The third kappa shape index (κ3) is 7.52. The summed E-state index contributed by atoms with van der Waals surface area (Å²) in [5, 5.41) is 1.98. The lowest BCUT2D eigenvalue weighted by atomic mass is 10.3. The summed E-state index contributed by atoms with van der Waals surface area (Å²) in [5.41, 5.74) is -3.02. The first kappa shape index (κ1) is 17.5. The first-order chi connectivity index (χ1) is 8.44. The van der Waals surface area contributed by atoms with Gasteiger partial charge in [0.25, 0.3) is 5.71 Å². The van der Waals surface area contributed by atoms with Crippen LogP contribution in [-0.2, 0) is 14.4 Å². The molecule has 0 aliphatic rings. The number of carbonyl (C=O) groups excluding carboxylic acids is 1. The number of hydrogen-bond donors (Lipinski definition) is 0. The molecule has 0 amide bonds. The van der Waals surface area contributed by atoms with E-state index in [-0.39, 0.29) is 0 Å². The fourth-order valence-corrected chi connectivity index (χ4v) is 0.825. The minimum absolute atomic E-state index is 0.447. The van der Waals surface area contributed by atoms with Crippen molar-refractivity contribution >= 4 is 11.7 Å². The Kier molecular flexibility index (Phi) is 6.10. The Morgan fingerprint density at radius 2 is 1.58 bits per heavy atom. The summed E-state index contributed by atoms with van der Waals surface area (Å²) < 4.78 is 76.3. The van der Waals surface area contributed by atoms with Gasteiger partial charge < -0.3 is 9.57 Å². The molecule has 0 radical (unpaired) electrons. The monoisotopic (exact) mass is 295 g/mol. The highest BCUT2D eigenvalue weighted by Crippen LogP contribution is 2.30. The number of oxime groups is 1. The van der Waals surface area contributed by atoms with Crippen LogP contribution in [0.3, 0.4) is 0 Å². The van der Waals surface area contributed by atoms with Crippen LogP contribution in [0.25, 0.3) is 0 Å². The fraction of sp³-hybridized carbons (Fsp3) is 0.778. The lowest BCUT2D eigenvalue weighted by Crippen LogP contribution is -2.37. The predicted molar refractivity (Wildman–Crippen MR) is 51.3 cm³/mol. The van der Waals surface area contributed by atoms with Crippen LogP contribution in [0.4, 0.5) is 26.3 Å². The molecular weight excluding hydrogens is 284 g/mol. The number of esters is 1. The Balaban J connectivity index is 4.40. The van der Waals surface area contributed by atoms with Crippen molar-refractivity contribution in [2.24, 2.45) is 5.16 Å². The van der Waals surface area contributed by atoms with Gasteiger partial charge in [-0.1, -0.05) is 5.16 Å². The second-order valence-corrected chi connectivity index (χ2v) is 3.56. The number of ether oxygens (including phenoxy) is 1. The minimum Gasteiger partial charge on any atom is -0.463 e. The van der Waals surface area contributed by atoms with Crippen LogP contribution in [0.5, 0.6) is 0 Å². The molecule has 0 aliphatic heterocycles. The van der Waals surface area contributed by atoms with Gasteiger partial charge in [0.1, 0.15) is 6.61 Å². The van der Waals surface area contributed by atoms with Gasteiger partial charge in [0.2, 0.25) is 0 Å². The Morgan fingerprint density at radius 3 is 1.95 bits per heavy atom. The summed E-state index contributed by atoms with van der Waals surface area (Å²) in [6.07, 6.45) is -12.3. The Bertz CT molecular complexity index is 318. The van der Waals surface area contributed by atoms with E-state index >= 15 is 0 Å². The molecule has 0 N–H and O–H groups in total. The zero-order valence-electron chi connectivity index (χ0n) is 9.93. The first-order valence-corrected chi connectivity index (χ1v) is 4.98. The maximum absolute atomic E-state index is 12.0. The van der Waals surface area contributed by atoms with E-state index < -0.39 is 43.2 Å². The molecule has 0 unspecified atom stereocenters. The van der Waals surface area contributed by atoms with Gasteiger partial charge in [-0.3, -0.25) is 4.79 Å². The van der Waals surface area contributed by atoms with Crippen molar-refractivity contribution in [2.75, 3.05) is 6.61 Å². The summed E-state index contributed by atoms with van der Waals surface area (Å²) in [4.78, 5) is 14.7. The van der Waals surface area contributed by atoms with Crippen molar-refractivity contribution in [2.45, 2.75) is 38.7 Å². The van der Waals surface area contributed by atoms with E-state index in [2.05, 4.69) is 9.57 Å². The molecule has 0 fully saturated rings. The van der Waals surface area contributed by atoms with Crippen LogP contribution in [0.15, 0.2) is 5.16 Å². The van der Waals surface area contributed by atoms with Crippen LogP contribution in [0.1, 0.15) is 20.3 Å². The number of alkyl halides is 6. The Morgan fingerprint density at radius 1 is 1.11 bits per heavy atom. The van der Waals surface area contributed by atoms with Gasteiger partial charge in [-0.15, -0.1) is 0 Å². The molecule has 0 rings (SSSR count). The highest BCUT2D eigenvalue weighted by Gasteiger charge is 2.54. The molecule has 0 saturated heterocycles. The Labute approximate surface area is 104 Å². The Hall–Kier alpha value is -1.48. The molecule has 4 nitrogen and oxygen atoms in total. The number of nitrogens with zero attached hydrogens (tertiary/aromatic N) is 1. The van der Waals surface area contributed by atoms with Crippen LogP contribution < -0.4 is 0 Å². The van der Waals surface area contributed by atoms with Crippen molar-refractivity contribution in [1.29, 1.82) is 0 Å². The molecule has 0 spiro atoms. The topological polar surface area (TPSA) is 47.9 Å². The van der Waals surface area contributed by atoms with E-state index in [9.17, 15) is 31.1 Å². The first-order valence-electron chi connectivity index (χ1n) is 4.98. The third-order valence-corrected chi connectivity index (χ3v) is 1.46. The zero-order valence-corrected chi connectivity index (χ0v) is 9.93. The van der Waals surface area contributed by atoms with Crippen molar-refractivity contribution in [3.63, 3.8) is 0 Å². The molecule has 0 saturated carbocycles. The molecule has 0 aromatic rings. The van der Waals surface area contributed by atoms with Crippen LogP contribution in [-0.4, -0.2) is 36.7 Å². The maximum Gasteiger partial charge on any atom is 0.441 e. The van der Waals surface area contributed by atoms with Gasteiger partial charge in [0.05, 0.1) is 12.5 Å². The second kappa shape index (κ2) is 6.62. The third-order valence-electron chi connectivity index (χ3n) is 1.46. The predicted octanol–water partition coefficient (Wildman–Crippen LogP) is 2.83. The van der Waals surface area contributed by atoms with E-state index in [1.807, 2.05) is 5.16 Å². The van der Waals surface area contributed by atoms with E-state index in [0.717, 1.165) is 0 Å². The average molecular weight is 295 g/mol. The van der Waals surface area contributed by atoms with E-state index in [4.69, 9.17) is 0 Å². The van der Waals surface area contributed by atoms with Crippen molar-refractivity contribution in [3.05, 3.63) is 0 Å². The molecular formula is C9H11F6NO3. The second-order valence-electron chi connectivity index (χ2n) is 3.56. The molecule has 10 heteroatoms. The zero-order chi connectivity index (χ0) is 15.3. The van der Waals surface area contributed by atoms with Crippen molar-refractivity contribution in [3.8, 4) is 0 Å². The van der Waals surface area contributed by atoms with Gasteiger partial charge >= 0.3 is 18.3 Å². The van der Waals surface area contributed by atoms with E-state index in [1.54, 1.807) is 0 Å². The smallest absolute Gasteiger partial charge is 0.441 e. The lowest BCUT2D eigenvalue weighted by Gasteiger charge is -2.12. The van der Waals surface area contributed by atoms with Crippen molar-refractivity contribution < 1.29 is 40.7 Å². The summed E-state index contributed by atoms with van der Waals surface area (Å²) in [7, 11) is 0. The van der Waals surface area contributed by atoms with E-state index in [1.165, 1.54) is 13.8 Å². The number of hydrogen-bond acceptors (Lipinski definition) is 4. The normalized spacial score (nSPS) is 12.3.